The summed E-state index contributed by atoms with van der Waals surface area (Å²) in [5, 5.41) is 0. The third-order valence-corrected chi connectivity index (χ3v) is 3.71. The Morgan fingerprint density at radius 2 is 1.35 bits per heavy atom. The summed E-state index contributed by atoms with van der Waals surface area (Å²) >= 11 is 0. The predicted octanol–water partition coefficient (Wildman–Crippen LogP) is 3.46. The summed E-state index contributed by atoms with van der Waals surface area (Å²) in [5.74, 6) is 0.642. The van der Waals surface area contributed by atoms with Crippen LogP contribution in [0.4, 0.5) is 0 Å². The highest BCUT2D eigenvalue weighted by Gasteiger charge is 2.37. The first-order valence-corrected chi connectivity index (χ1v) is 6.16. The average Bonchev–Trinajstić information content (AvgIpc) is 2.38. The highest BCUT2D eigenvalue weighted by molar-refractivity contribution is 5.31. The number of hydrogen-bond acceptors (Lipinski definition) is 1. The maximum absolute atomic E-state index is 2.42. The maximum atomic E-state index is 2.42. The van der Waals surface area contributed by atoms with Crippen molar-refractivity contribution >= 4 is 0 Å². The summed E-state index contributed by atoms with van der Waals surface area (Å²) in [7, 11) is 2.21. The molecule has 2 atom stereocenters. The molecule has 86 valence electrons. The van der Waals surface area contributed by atoms with E-state index in [1.807, 2.05) is 0 Å². The van der Waals surface area contributed by atoms with Crippen molar-refractivity contribution in [3.05, 3.63) is 71.8 Å². The summed E-state index contributed by atoms with van der Waals surface area (Å²) < 4.78 is 0. The molecule has 0 N–H and O–H groups in total. The summed E-state index contributed by atoms with van der Waals surface area (Å²) in [6.07, 6.45) is 0. The van der Waals surface area contributed by atoms with Crippen LogP contribution in [0.25, 0.3) is 0 Å². The second-order valence-corrected chi connectivity index (χ2v) is 4.81. The zero-order valence-corrected chi connectivity index (χ0v) is 10.1. The first-order chi connectivity index (χ1) is 8.36. The van der Waals surface area contributed by atoms with Gasteiger partial charge < -0.3 is 0 Å². The lowest BCUT2D eigenvalue weighted by Gasteiger charge is -2.46. The van der Waals surface area contributed by atoms with Crippen molar-refractivity contribution in [3.63, 3.8) is 0 Å². The largest absolute Gasteiger partial charge is 0.298 e. The molecular weight excluding hydrogens is 206 g/mol. The number of rotatable bonds is 2. The molecular formula is C16H17N. The van der Waals surface area contributed by atoms with Crippen LogP contribution in [0.15, 0.2) is 60.7 Å². The smallest absolute Gasteiger partial charge is 0.0426 e. The van der Waals surface area contributed by atoms with E-state index >= 15 is 0 Å². The van der Waals surface area contributed by atoms with Gasteiger partial charge in [0.15, 0.2) is 0 Å². The Bertz CT molecular complexity index is 477. The highest BCUT2D eigenvalue weighted by Crippen LogP contribution is 2.43. The van der Waals surface area contributed by atoms with Gasteiger partial charge in [-0.15, -0.1) is 0 Å². The normalized spacial score (nSPS) is 24.3. The van der Waals surface area contributed by atoms with Crippen LogP contribution in [0, 0.1) is 0 Å². The van der Waals surface area contributed by atoms with E-state index in [4.69, 9.17) is 0 Å². The van der Waals surface area contributed by atoms with Crippen LogP contribution in [0.1, 0.15) is 23.1 Å². The van der Waals surface area contributed by atoms with Gasteiger partial charge in [0.2, 0.25) is 0 Å². The number of likely N-dealkylation sites (tertiary alicyclic amines) is 1. The van der Waals surface area contributed by atoms with Crippen LogP contribution in [-0.2, 0) is 0 Å². The molecule has 0 amide bonds. The lowest BCUT2D eigenvalue weighted by Crippen LogP contribution is -2.45. The van der Waals surface area contributed by atoms with E-state index in [2.05, 4.69) is 72.6 Å². The molecule has 0 radical (unpaired) electrons. The molecule has 2 unspecified atom stereocenters. The van der Waals surface area contributed by atoms with Crippen LogP contribution in [0.5, 0.6) is 0 Å². The molecule has 1 nitrogen and oxygen atoms in total. The van der Waals surface area contributed by atoms with Gasteiger partial charge in [-0.25, -0.2) is 0 Å². The Balaban J connectivity index is 1.89. The minimum absolute atomic E-state index is 0.540. The number of nitrogens with zero attached hydrogens (tertiary/aromatic N) is 1. The fourth-order valence-electron chi connectivity index (χ4n) is 2.82. The van der Waals surface area contributed by atoms with Gasteiger partial charge >= 0.3 is 0 Å². The average molecular weight is 223 g/mol. The molecule has 2 aromatic carbocycles. The first-order valence-electron chi connectivity index (χ1n) is 6.16. The van der Waals surface area contributed by atoms with Gasteiger partial charge in [-0.05, 0) is 18.2 Å². The molecule has 0 aliphatic carbocycles. The standard InChI is InChI=1S/C16H17N/c1-17-12-15(13-8-4-2-5-9-13)16(17)14-10-6-3-7-11-14/h2-11,15-16H,12H2,1H3. The van der Waals surface area contributed by atoms with Crippen molar-refractivity contribution in [2.24, 2.45) is 0 Å². The molecule has 0 spiro atoms. The third-order valence-electron chi connectivity index (χ3n) is 3.71. The number of benzene rings is 2. The topological polar surface area (TPSA) is 3.24 Å². The minimum atomic E-state index is 0.540. The summed E-state index contributed by atoms with van der Waals surface area (Å²) in [6.45, 7) is 1.16. The van der Waals surface area contributed by atoms with Gasteiger partial charge in [0.1, 0.15) is 0 Å². The van der Waals surface area contributed by atoms with Gasteiger partial charge in [0.25, 0.3) is 0 Å². The monoisotopic (exact) mass is 223 g/mol. The van der Waals surface area contributed by atoms with E-state index < -0.39 is 0 Å². The molecule has 1 aliphatic rings. The van der Waals surface area contributed by atoms with E-state index in [1.54, 1.807) is 0 Å². The van der Waals surface area contributed by atoms with Crippen LogP contribution in [0.3, 0.4) is 0 Å². The Labute approximate surface area is 103 Å². The van der Waals surface area contributed by atoms with E-state index in [0.717, 1.165) is 6.54 Å². The zero-order valence-electron chi connectivity index (χ0n) is 10.1. The molecule has 0 saturated carbocycles. The summed E-state index contributed by atoms with van der Waals surface area (Å²) in [4.78, 5) is 2.42. The molecule has 1 aliphatic heterocycles. The van der Waals surface area contributed by atoms with Gasteiger partial charge in [-0.1, -0.05) is 60.7 Å². The second kappa shape index (κ2) is 4.34. The lowest BCUT2D eigenvalue weighted by molar-refractivity contribution is 0.0910. The molecule has 17 heavy (non-hydrogen) atoms. The first kappa shape index (κ1) is 10.5. The maximum Gasteiger partial charge on any atom is 0.0426 e. The van der Waals surface area contributed by atoms with E-state index in [9.17, 15) is 0 Å². The molecule has 1 heterocycles. The molecule has 1 heteroatoms. The number of likely N-dealkylation sites (N-methyl/N-ethyl adjacent to an activating group) is 1. The van der Waals surface area contributed by atoms with Gasteiger partial charge in [0.05, 0.1) is 0 Å². The van der Waals surface area contributed by atoms with E-state index in [1.165, 1.54) is 11.1 Å². The molecule has 3 rings (SSSR count). The molecule has 1 saturated heterocycles. The number of hydrogen-bond donors (Lipinski definition) is 0. The zero-order chi connectivity index (χ0) is 11.7. The van der Waals surface area contributed by atoms with Crippen LogP contribution in [0.2, 0.25) is 0 Å². The Kier molecular flexibility index (Phi) is 2.69. The predicted molar refractivity (Wildman–Crippen MR) is 71.0 cm³/mol. The van der Waals surface area contributed by atoms with E-state index in [0.29, 0.717) is 12.0 Å². The van der Waals surface area contributed by atoms with Crippen molar-refractivity contribution in [2.75, 3.05) is 13.6 Å². The van der Waals surface area contributed by atoms with Crippen LogP contribution in [-0.4, -0.2) is 18.5 Å². The molecule has 2 aromatic rings. The lowest BCUT2D eigenvalue weighted by atomic mass is 9.79. The SMILES string of the molecule is CN1CC(c2ccccc2)C1c1ccccc1. The Morgan fingerprint density at radius 1 is 0.824 bits per heavy atom. The van der Waals surface area contributed by atoms with Crippen LogP contribution < -0.4 is 0 Å². The van der Waals surface area contributed by atoms with Gasteiger partial charge in [0, 0.05) is 18.5 Å². The molecule has 0 aromatic heterocycles. The Hall–Kier alpha value is -1.60. The fraction of sp³-hybridized carbons (Fsp3) is 0.250. The van der Waals surface area contributed by atoms with Gasteiger partial charge in [-0.2, -0.15) is 0 Å². The molecule has 0 bridgehead atoms. The van der Waals surface area contributed by atoms with E-state index in [-0.39, 0.29) is 0 Å². The summed E-state index contributed by atoms with van der Waals surface area (Å²) in [5.41, 5.74) is 2.88. The molecule has 1 fully saturated rings. The van der Waals surface area contributed by atoms with Crippen molar-refractivity contribution in [2.45, 2.75) is 12.0 Å². The van der Waals surface area contributed by atoms with Crippen LogP contribution >= 0.6 is 0 Å². The van der Waals surface area contributed by atoms with Crippen molar-refractivity contribution in [3.8, 4) is 0 Å². The Morgan fingerprint density at radius 3 is 1.88 bits per heavy atom. The highest BCUT2D eigenvalue weighted by atomic mass is 15.2. The third kappa shape index (κ3) is 1.87. The van der Waals surface area contributed by atoms with Crippen molar-refractivity contribution in [1.29, 1.82) is 0 Å². The quantitative estimate of drug-likeness (QED) is 0.753. The van der Waals surface area contributed by atoms with Crippen molar-refractivity contribution in [1.82, 2.24) is 4.90 Å². The minimum Gasteiger partial charge on any atom is -0.298 e. The summed E-state index contributed by atoms with van der Waals surface area (Å²) in [6, 6.07) is 22.2. The van der Waals surface area contributed by atoms with Gasteiger partial charge in [-0.3, -0.25) is 4.90 Å². The van der Waals surface area contributed by atoms with Crippen molar-refractivity contribution < 1.29 is 0 Å². The fourth-order valence-corrected chi connectivity index (χ4v) is 2.82. The second-order valence-electron chi connectivity index (χ2n) is 4.81.